The number of fused-ring (bicyclic) bond motifs is 1. The lowest BCUT2D eigenvalue weighted by Gasteiger charge is -2.25. The molecule has 0 radical (unpaired) electrons. The maximum Gasteiger partial charge on any atom is 0.0944 e. The third-order valence-corrected chi connectivity index (χ3v) is 3.99. The first kappa shape index (κ1) is 13.5. The summed E-state index contributed by atoms with van der Waals surface area (Å²) in [5.74, 6) is 0. The van der Waals surface area contributed by atoms with Gasteiger partial charge in [-0.1, -0.05) is 39.8 Å². The number of para-hydroxylation sites is 1. The minimum absolute atomic E-state index is 0.248. The highest BCUT2D eigenvalue weighted by Gasteiger charge is 2.20. The fourth-order valence-corrected chi connectivity index (χ4v) is 3.17. The van der Waals surface area contributed by atoms with E-state index in [9.17, 15) is 0 Å². The van der Waals surface area contributed by atoms with Crippen LogP contribution < -0.4 is 5.32 Å². The molecule has 0 saturated heterocycles. The number of nitrogens with zero attached hydrogens (tertiary/aromatic N) is 1. The third kappa shape index (κ3) is 3.53. The van der Waals surface area contributed by atoms with Gasteiger partial charge in [-0.3, -0.25) is 0 Å². The molecule has 0 aliphatic heterocycles. The van der Waals surface area contributed by atoms with Gasteiger partial charge in [-0.15, -0.1) is 11.3 Å². The maximum absolute atomic E-state index is 4.72. The third-order valence-electron chi connectivity index (χ3n) is 2.96. The molecule has 18 heavy (non-hydrogen) atoms. The molecule has 1 heterocycles. The zero-order valence-corrected chi connectivity index (χ0v) is 12.5. The molecular formula is C15H22N2S. The first-order valence-electron chi connectivity index (χ1n) is 6.54. The van der Waals surface area contributed by atoms with E-state index in [1.54, 1.807) is 0 Å². The monoisotopic (exact) mass is 262 g/mol. The number of nitrogens with one attached hydrogen (secondary N) is 1. The SMILES string of the molecule is CC(C)NCC(C)(C)Cc1nc2ccccc2s1. The van der Waals surface area contributed by atoms with Gasteiger partial charge in [0, 0.05) is 19.0 Å². The molecule has 2 nitrogen and oxygen atoms in total. The van der Waals surface area contributed by atoms with Crippen LogP contribution in [0.3, 0.4) is 0 Å². The molecule has 0 amide bonds. The summed E-state index contributed by atoms with van der Waals surface area (Å²) in [5.41, 5.74) is 1.38. The molecule has 0 spiro atoms. The zero-order chi connectivity index (χ0) is 13.2. The normalized spacial score (nSPS) is 12.5. The highest BCUT2D eigenvalue weighted by Crippen LogP contribution is 2.27. The molecule has 0 unspecified atom stereocenters. The van der Waals surface area contributed by atoms with Crippen molar-refractivity contribution in [3.63, 3.8) is 0 Å². The number of benzene rings is 1. The van der Waals surface area contributed by atoms with Crippen LogP contribution in [0.15, 0.2) is 24.3 Å². The molecule has 2 rings (SSSR count). The number of aromatic nitrogens is 1. The summed E-state index contributed by atoms with van der Waals surface area (Å²) in [5, 5.41) is 4.76. The Labute approximate surface area is 113 Å². The zero-order valence-electron chi connectivity index (χ0n) is 11.7. The van der Waals surface area contributed by atoms with Gasteiger partial charge in [-0.25, -0.2) is 4.98 Å². The summed E-state index contributed by atoms with van der Waals surface area (Å²) in [4.78, 5) is 4.72. The summed E-state index contributed by atoms with van der Waals surface area (Å²) in [6.45, 7) is 10.0. The Morgan fingerprint density at radius 2 is 2.00 bits per heavy atom. The van der Waals surface area contributed by atoms with Crippen LogP contribution in [-0.4, -0.2) is 17.6 Å². The van der Waals surface area contributed by atoms with Crippen molar-refractivity contribution in [2.24, 2.45) is 5.41 Å². The van der Waals surface area contributed by atoms with E-state index in [1.807, 2.05) is 11.3 Å². The lowest BCUT2D eigenvalue weighted by Crippen LogP contribution is -2.35. The first-order valence-corrected chi connectivity index (χ1v) is 7.36. The second-order valence-corrected chi connectivity index (χ2v) is 7.07. The van der Waals surface area contributed by atoms with E-state index in [0.29, 0.717) is 6.04 Å². The molecular weight excluding hydrogens is 240 g/mol. The highest BCUT2D eigenvalue weighted by molar-refractivity contribution is 7.18. The summed E-state index contributed by atoms with van der Waals surface area (Å²) in [6.07, 6.45) is 1.03. The average Bonchev–Trinajstić information content (AvgIpc) is 2.67. The van der Waals surface area contributed by atoms with Gasteiger partial charge in [0.15, 0.2) is 0 Å². The van der Waals surface area contributed by atoms with Crippen LogP contribution in [0, 0.1) is 5.41 Å². The molecule has 1 aromatic carbocycles. The minimum atomic E-state index is 0.248. The lowest BCUT2D eigenvalue weighted by molar-refractivity contribution is 0.325. The summed E-state index contributed by atoms with van der Waals surface area (Å²) in [6, 6.07) is 8.91. The van der Waals surface area contributed by atoms with E-state index in [-0.39, 0.29) is 5.41 Å². The predicted molar refractivity (Wildman–Crippen MR) is 80.2 cm³/mol. The van der Waals surface area contributed by atoms with Crippen molar-refractivity contribution >= 4 is 21.6 Å². The van der Waals surface area contributed by atoms with Gasteiger partial charge >= 0.3 is 0 Å². The van der Waals surface area contributed by atoms with Gasteiger partial charge in [0.2, 0.25) is 0 Å². The van der Waals surface area contributed by atoms with Crippen LogP contribution in [0.4, 0.5) is 0 Å². The van der Waals surface area contributed by atoms with E-state index in [1.165, 1.54) is 9.71 Å². The molecule has 0 saturated carbocycles. The average molecular weight is 262 g/mol. The topological polar surface area (TPSA) is 24.9 Å². The molecule has 2 aromatic rings. The smallest absolute Gasteiger partial charge is 0.0944 e. The van der Waals surface area contributed by atoms with Gasteiger partial charge in [0.05, 0.1) is 15.2 Å². The number of hydrogen-bond acceptors (Lipinski definition) is 3. The van der Waals surface area contributed by atoms with Crippen molar-refractivity contribution < 1.29 is 0 Å². The maximum atomic E-state index is 4.72. The van der Waals surface area contributed by atoms with Gasteiger partial charge in [0.25, 0.3) is 0 Å². The van der Waals surface area contributed by atoms with Crippen molar-refractivity contribution in [2.45, 2.75) is 40.2 Å². The predicted octanol–water partition coefficient (Wildman–Crippen LogP) is 3.86. The fourth-order valence-electron chi connectivity index (χ4n) is 1.95. The summed E-state index contributed by atoms with van der Waals surface area (Å²) < 4.78 is 1.29. The summed E-state index contributed by atoms with van der Waals surface area (Å²) in [7, 11) is 0. The minimum Gasteiger partial charge on any atom is -0.314 e. The Balaban J connectivity index is 2.07. The Bertz CT molecular complexity index is 481. The Hall–Kier alpha value is -0.930. The highest BCUT2D eigenvalue weighted by atomic mass is 32.1. The molecule has 98 valence electrons. The number of rotatable bonds is 5. The van der Waals surface area contributed by atoms with Gasteiger partial charge in [-0.2, -0.15) is 0 Å². The van der Waals surface area contributed by atoms with E-state index in [4.69, 9.17) is 4.98 Å². The quantitative estimate of drug-likeness (QED) is 0.885. The van der Waals surface area contributed by atoms with Crippen molar-refractivity contribution in [1.82, 2.24) is 10.3 Å². The van der Waals surface area contributed by atoms with Crippen molar-refractivity contribution in [2.75, 3.05) is 6.54 Å². The van der Waals surface area contributed by atoms with Crippen LogP contribution in [-0.2, 0) is 6.42 Å². The van der Waals surface area contributed by atoms with Crippen molar-refractivity contribution in [3.8, 4) is 0 Å². The molecule has 1 aromatic heterocycles. The fraction of sp³-hybridized carbons (Fsp3) is 0.533. The van der Waals surface area contributed by atoms with Crippen LogP contribution in [0.1, 0.15) is 32.7 Å². The molecule has 0 aliphatic rings. The van der Waals surface area contributed by atoms with Gasteiger partial charge in [-0.05, 0) is 17.5 Å². The van der Waals surface area contributed by atoms with E-state index < -0.39 is 0 Å². The molecule has 0 aliphatic carbocycles. The van der Waals surface area contributed by atoms with Gasteiger partial charge < -0.3 is 5.32 Å². The Morgan fingerprint density at radius 1 is 1.28 bits per heavy atom. The van der Waals surface area contributed by atoms with Crippen molar-refractivity contribution in [1.29, 1.82) is 0 Å². The van der Waals surface area contributed by atoms with E-state index >= 15 is 0 Å². The first-order chi connectivity index (χ1) is 8.46. The molecule has 0 fully saturated rings. The second kappa shape index (κ2) is 5.37. The molecule has 1 N–H and O–H groups in total. The van der Waals surface area contributed by atoms with Crippen LogP contribution in [0.5, 0.6) is 0 Å². The molecule has 0 atom stereocenters. The van der Waals surface area contributed by atoms with E-state index in [2.05, 4.69) is 57.3 Å². The van der Waals surface area contributed by atoms with Gasteiger partial charge in [0.1, 0.15) is 0 Å². The lowest BCUT2D eigenvalue weighted by atomic mass is 9.89. The number of hydrogen-bond donors (Lipinski definition) is 1. The largest absolute Gasteiger partial charge is 0.314 e. The Morgan fingerprint density at radius 3 is 2.67 bits per heavy atom. The van der Waals surface area contributed by atoms with Crippen LogP contribution in [0.25, 0.3) is 10.2 Å². The number of thiazole rings is 1. The Kier molecular flexibility index (Phi) is 4.03. The van der Waals surface area contributed by atoms with Crippen LogP contribution >= 0.6 is 11.3 Å². The molecule has 3 heteroatoms. The molecule has 0 bridgehead atoms. The van der Waals surface area contributed by atoms with Crippen LogP contribution in [0.2, 0.25) is 0 Å². The van der Waals surface area contributed by atoms with Crippen molar-refractivity contribution in [3.05, 3.63) is 29.3 Å². The second-order valence-electron chi connectivity index (χ2n) is 5.95. The summed E-state index contributed by atoms with van der Waals surface area (Å²) >= 11 is 1.82. The van der Waals surface area contributed by atoms with E-state index in [0.717, 1.165) is 18.5 Å². The standard InChI is InChI=1S/C15H22N2S/c1-11(2)16-10-15(3,4)9-14-17-12-7-5-6-8-13(12)18-14/h5-8,11,16H,9-10H2,1-4H3.